The average molecular weight is 612 g/mol. The molecule has 1 aromatic heterocycles. The van der Waals surface area contributed by atoms with Crippen molar-refractivity contribution in [1.82, 2.24) is 26.1 Å². The second-order valence-electron chi connectivity index (χ2n) is 10.2. The van der Waals surface area contributed by atoms with Crippen molar-refractivity contribution in [2.75, 3.05) is 7.05 Å². The molecule has 11 heteroatoms. The van der Waals surface area contributed by atoms with E-state index in [9.17, 15) is 24.3 Å². The van der Waals surface area contributed by atoms with E-state index in [0.717, 1.165) is 21.8 Å². The number of carbonyl (C=O) groups is 4. The third kappa shape index (κ3) is 8.62. The van der Waals surface area contributed by atoms with E-state index in [1.165, 1.54) is 28.4 Å². The summed E-state index contributed by atoms with van der Waals surface area (Å²) in [5.74, 6) is -1.72. The van der Waals surface area contributed by atoms with Gasteiger partial charge in [0.25, 0.3) is 17.7 Å². The van der Waals surface area contributed by atoms with Crippen LogP contribution in [0.3, 0.4) is 0 Å². The predicted molar refractivity (Wildman–Crippen MR) is 169 cm³/mol. The van der Waals surface area contributed by atoms with Crippen molar-refractivity contribution in [2.45, 2.75) is 31.8 Å². The second-order valence-corrected chi connectivity index (χ2v) is 11.2. The number of hydrazine groups is 1. The Hall–Kier alpha value is -5.29. The molecule has 44 heavy (non-hydrogen) atoms. The Balaban J connectivity index is 1.50. The molecule has 4 rings (SSSR count). The van der Waals surface area contributed by atoms with Crippen LogP contribution >= 0.6 is 11.3 Å². The van der Waals surface area contributed by atoms with Gasteiger partial charge in [-0.2, -0.15) is 0 Å². The molecule has 0 aliphatic carbocycles. The van der Waals surface area contributed by atoms with Crippen LogP contribution in [0, 0.1) is 6.92 Å². The van der Waals surface area contributed by atoms with Crippen LogP contribution in [0.25, 0.3) is 6.08 Å². The Labute approximate surface area is 259 Å². The topological polar surface area (TPSA) is 141 Å². The molecule has 0 saturated carbocycles. The monoisotopic (exact) mass is 611 g/mol. The number of carbonyl (C=O) groups excluding carboxylic acids is 3. The van der Waals surface area contributed by atoms with Crippen molar-refractivity contribution < 1.29 is 24.3 Å². The van der Waals surface area contributed by atoms with Gasteiger partial charge in [0.1, 0.15) is 10.5 Å². The first-order chi connectivity index (χ1) is 21.1. The summed E-state index contributed by atoms with van der Waals surface area (Å²) in [4.78, 5) is 57.6. The highest BCUT2D eigenvalue weighted by Crippen LogP contribution is 2.21. The van der Waals surface area contributed by atoms with Crippen molar-refractivity contribution in [2.24, 2.45) is 0 Å². The van der Waals surface area contributed by atoms with Crippen LogP contribution < -0.4 is 16.2 Å². The number of hydrogen-bond acceptors (Lipinski definition) is 6. The maximum Gasteiger partial charge on any atom is 0.405 e. The largest absolute Gasteiger partial charge is 0.465 e. The Bertz CT molecular complexity index is 1640. The number of carboxylic acid groups (broad SMARTS) is 1. The molecule has 3 aromatic carbocycles. The molecular weight excluding hydrogens is 578 g/mol. The lowest BCUT2D eigenvalue weighted by Crippen LogP contribution is -2.62. The summed E-state index contributed by atoms with van der Waals surface area (Å²) in [6, 6.07) is 24.5. The van der Waals surface area contributed by atoms with Crippen molar-refractivity contribution in [1.29, 1.82) is 0 Å². The smallest absolute Gasteiger partial charge is 0.405 e. The molecule has 0 saturated heterocycles. The number of hydrogen-bond donors (Lipinski definition) is 4. The van der Waals surface area contributed by atoms with Crippen LogP contribution in [0.15, 0.2) is 96.4 Å². The highest BCUT2D eigenvalue weighted by Gasteiger charge is 2.39. The summed E-state index contributed by atoms with van der Waals surface area (Å²) in [5, 5.41) is 14.8. The highest BCUT2D eigenvalue weighted by molar-refractivity contribution is 7.09. The maximum atomic E-state index is 13.7. The minimum Gasteiger partial charge on any atom is -0.465 e. The van der Waals surface area contributed by atoms with Gasteiger partial charge in [0.2, 0.25) is 0 Å². The molecule has 0 bridgehead atoms. The highest BCUT2D eigenvalue weighted by atomic mass is 32.1. The lowest BCUT2D eigenvalue weighted by molar-refractivity contribution is -0.128. The number of benzene rings is 3. The van der Waals surface area contributed by atoms with Gasteiger partial charge in [-0.05, 0) is 42.7 Å². The van der Waals surface area contributed by atoms with E-state index in [1.54, 1.807) is 55.6 Å². The van der Waals surface area contributed by atoms with E-state index in [1.807, 2.05) is 48.7 Å². The summed E-state index contributed by atoms with van der Waals surface area (Å²) in [5.41, 5.74) is 6.04. The third-order valence-electron chi connectivity index (χ3n) is 6.75. The zero-order valence-corrected chi connectivity index (χ0v) is 25.1. The molecule has 10 nitrogen and oxygen atoms in total. The Morgan fingerprint density at radius 3 is 2.27 bits per heavy atom. The van der Waals surface area contributed by atoms with Crippen LogP contribution in [0.2, 0.25) is 0 Å². The zero-order chi connectivity index (χ0) is 31.5. The van der Waals surface area contributed by atoms with Gasteiger partial charge in [-0.25, -0.2) is 9.78 Å². The molecule has 4 amide bonds. The van der Waals surface area contributed by atoms with Crippen molar-refractivity contribution in [3.63, 3.8) is 0 Å². The summed E-state index contributed by atoms with van der Waals surface area (Å²) < 4.78 is 0. The normalized spacial score (nSPS) is 12.2. The number of nitrogens with zero attached hydrogens (tertiary/aromatic N) is 2. The predicted octanol–water partition coefficient (Wildman–Crippen LogP) is 4.84. The van der Waals surface area contributed by atoms with Gasteiger partial charge in [0.05, 0.1) is 6.54 Å². The average Bonchev–Trinajstić information content (AvgIpc) is 3.43. The van der Waals surface area contributed by atoms with Crippen LogP contribution in [0.5, 0.6) is 0 Å². The molecular formula is C33H33N5O5S. The lowest BCUT2D eigenvalue weighted by Gasteiger charge is -2.31. The first kappa shape index (κ1) is 31.6. The minimum atomic E-state index is -1.65. The molecule has 4 N–H and O–H groups in total. The minimum absolute atomic E-state index is 0.000262. The first-order valence-electron chi connectivity index (χ1n) is 13.8. The molecule has 1 atom stereocenters. The zero-order valence-electron chi connectivity index (χ0n) is 24.3. The molecule has 0 aliphatic heterocycles. The van der Waals surface area contributed by atoms with Crippen LogP contribution in [0.1, 0.15) is 49.0 Å². The number of aromatic nitrogens is 1. The summed E-state index contributed by atoms with van der Waals surface area (Å²) >= 11 is 1.46. The van der Waals surface area contributed by atoms with E-state index < -0.39 is 23.4 Å². The van der Waals surface area contributed by atoms with Crippen LogP contribution in [-0.2, 0) is 17.8 Å². The molecule has 1 unspecified atom stereocenters. The molecule has 226 valence electrons. The Kier molecular flexibility index (Phi) is 10.6. The van der Waals surface area contributed by atoms with Crippen molar-refractivity contribution in [3.8, 4) is 0 Å². The number of nitrogens with one attached hydrogen (secondary N) is 3. The van der Waals surface area contributed by atoms with Crippen LogP contribution in [-0.4, -0.2) is 51.4 Å². The van der Waals surface area contributed by atoms with E-state index >= 15 is 0 Å². The molecule has 0 radical (unpaired) electrons. The quantitative estimate of drug-likeness (QED) is 0.179. The van der Waals surface area contributed by atoms with E-state index in [4.69, 9.17) is 0 Å². The van der Waals surface area contributed by atoms with Gasteiger partial charge >= 0.3 is 6.09 Å². The second kappa shape index (κ2) is 14.7. The van der Waals surface area contributed by atoms with Gasteiger partial charge in [-0.3, -0.25) is 25.2 Å². The molecule has 0 spiro atoms. The fourth-order valence-corrected chi connectivity index (χ4v) is 5.40. The fraction of sp³-hybridized carbons (Fsp3) is 0.182. The van der Waals surface area contributed by atoms with E-state index in [-0.39, 0.29) is 29.9 Å². The van der Waals surface area contributed by atoms with Gasteiger partial charge in [-0.1, -0.05) is 78.9 Å². The van der Waals surface area contributed by atoms with Crippen molar-refractivity contribution >= 4 is 41.2 Å². The number of thiazole rings is 1. The molecule has 0 fully saturated rings. The van der Waals surface area contributed by atoms with Crippen LogP contribution in [0.4, 0.5) is 4.79 Å². The fourth-order valence-electron chi connectivity index (χ4n) is 4.58. The molecule has 0 aliphatic rings. The SMILES string of the molecule is Cc1csc(CN(C)C(=O)c2cccc(C(=O)NNC(=O)C(CC=Cc3ccccc3)(Cc3ccccc3)NC(=O)O)c2)n1. The third-order valence-corrected chi connectivity index (χ3v) is 7.70. The van der Waals surface area contributed by atoms with Gasteiger partial charge < -0.3 is 15.3 Å². The van der Waals surface area contributed by atoms with Gasteiger partial charge in [0.15, 0.2) is 0 Å². The maximum absolute atomic E-state index is 13.7. The lowest BCUT2D eigenvalue weighted by atomic mass is 9.86. The number of rotatable bonds is 11. The van der Waals surface area contributed by atoms with E-state index in [0.29, 0.717) is 6.54 Å². The molecule has 1 heterocycles. The van der Waals surface area contributed by atoms with Crippen molar-refractivity contribution in [3.05, 3.63) is 129 Å². The summed E-state index contributed by atoms with van der Waals surface area (Å²) in [6.45, 7) is 2.20. The van der Waals surface area contributed by atoms with Gasteiger partial charge in [0, 0.05) is 35.7 Å². The summed E-state index contributed by atoms with van der Waals surface area (Å²) in [6.07, 6.45) is 2.15. The molecule has 4 aromatic rings. The number of aryl methyl sites for hydroxylation is 1. The Morgan fingerprint density at radius 1 is 0.932 bits per heavy atom. The number of amides is 4. The first-order valence-corrected chi connectivity index (χ1v) is 14.7. The standard InChI is InChI=1S/C33H33N5O5S/c1-23-22-44-28(34-23)21-38(2)30(40)27-17-9-16-26(19-27)29(39)36-37-31(41)33(35-32(42)43,20-25-13-7-4-8-14-25)18-10-15-24-11-5-3-6-12-24/h3-17,19,22,35H,18,20-21H2,1-2H3,(H,36,39)(H,37,41)(H,42,43). The summed E-state index contributed by atoms with van der Waals surface area (Å²) in [7, 11) is 1.65. The van der Waals surface area contributed by atoms with Gasteiger partial charge in [-0.15, -0.1) is 11.3 Å². The van der Waals surface area contributed by atoms with E-state index in [2.05, 4.69) is 21.2 Å². The Morgan fingerprint density at radius 2 is 1.61 bits per heavy atom.